The van der Waals surface area contributed by atoms with Gasteiger partial charge in [0.15, 0.2) is 5.60 Å². The Kier molecular flexibility index (Phi) is 7.84. The van der Waals surface area contributed by atoms with Crippen LogP contribution in [0.3, 0.4) is 0 Å². The Labute approximate surface area is 225 Å². The molecule has 1 aliphatic carbocycles. The van der Waals surface area contributed by atoms with Crippen LogP contribution in [0.15, 0.2) is 91.0 Å². The second-order valence-electron chi connectivity index (χ2n) is 10.0. The Balaban J connectivity index is 1.60. The molecule has 0 bridgehead atoms. The van der Waals surface area contributed by atoms with Crippen LogP contribution in [0.25, 0.3) is 0 Å². The average Bonchev–Trinajstić information content (AvgIpc) is 2.94. The molecule has 0 spiro atoms. The van der Waals surface area contributed by atoms with Crippen LogP contribution in [0.5, 0.6) is 5.75 Å². The molecular formula is C32H33O3PS. The van der Waals surface area contributed by atoms with Gasteiger partial charge >= 0.3 is 5.97 Å². The fraction of sp³-hybridized carbons (Fsp3) is 0.344. The summed E-state index contributed by atoms with van der Waals surface area (Å²) in [5.41, 5.74) is 0.683. The highest BCUT2D eigenvalue weighted by Crippen LogP contribution is 2.73. The fourth-order valence-electron chi connectivity index (χ4n) is 6.33. The van der Waals surface area contributed by atoms with Crippen molar-refractivity contribution in [2.45, 2.75) is 55.9 Å². The van der Waals surface area contributed by atoms with Crippen LogP contribution in [-0.4, -0.2) is 23.8 Å². The quantitative estimate of drug-likeness (QED) is 0.205. The molecule has 5 atom stereocenters. The van der Waals surface area contributed by atoms with Crippen LogP contribution in [-0.2, 0) is 21.3 Å². The SMILES string of the molecule is CC(=O)OC1(C#CCOc2ccccc2)CC(c2ccccc2)P(=S)(c2ccccc2)C2CCCCC21. The van der Waals surface area contributed by atoms with E-state index in [2.05, 4.69) is 66.4 Å². The van der Waals surface area contributed by atoms with Crippen molar-refractivity contribution in [2.24, 2.45) is 5.92 Å². The second kappa shape index (κ2) is 11.3. The molecule has 1 saturated carbocycles. The number of rotatable bonds is 5. The van der Waals surface area contributed by atoms with Crippen LogP contribution >= 0.6 is 6.04 Å². The Hall–Kier alpha value is -2.86. The molecule has 5 unspecified atom stereocenters. The topological polar surface area (TPSA) is 35.5 Å². The summed E-state index contributed by atoms with van der Waals surface area (Å²) >= 11 is 6.83. The number of esters is 1. The monoisotopic (exact) mass is 528 g/mol. The zero-order valence-corrected chi connectivity index (χ0v) is 22.9. The molecule has 1 heterocycles. The molecule has 0 aromatic heterocycles. The Morgan fingerprint density at radius 3 is 2.24 bits per heavy atom. The molecule has 0 radical (unpaired) electrons. The molecule has 3 nitrogen and oxygen atoms in total. The van der Waals surface area contributed by atoms with Crippen molar-refractivity contribution in [3.05, 3.63) is 96.6 Å². The van der Waals surface area contributed by atoms with E-state index in [0.717, 1.165) is 31.4 Å². The summed E-state index contributed by atoms with van der Waals surface area (Å²) in [6.07, 6.45) is 4.88. The number of hydrogen-bond donors (Lipinski definition) is 0. The number of benzene rings is 3. The smallest absolute Gasteiger partial charge is 0.304 e. The van der Waals surface area contributed by atoms with E-state index >= 15 is 0 Å². The molecule has 5 rings (SSSR count). The molecule has 1 saturated heterocycles. The van der Waals surface area contributed by atoms with Crippen molar-refractivity contribution in [1.29, 1.82) is 0 Å². The zero-order chi connectivity index (χ0) is 25.7. The summed E-state index contributed by atoms with van der Waals surface area (Å²) in [7, 11) is 0. The molecule has 190 valence electrons. The summed E-state index contributed by atoms with van der Waals surface area (Å²) in [5.74, 6) is 7.33. The van der Waals surface area contributed by atoms with Crippen molar-refractivity contribution in [2.75, 3.05) is 6.61 Å². The normalized spacial score (nSPS) is 28.7. The molecule has 5 heteroatoms. The molecule has 1 aliphatic heterocycles. The summed E-state index contributed by atoms with van der Waals surface area (Å²) in [6.45, 7) is 1.74. The lowest BCUT2D eigenvalue weighted by atomic mass is 9.73. The van der Waals surface area contributed by atoms with Crippen LogP contribution in [0.1, 0.15) is 50.3 Å². The van der Waals surface area contributed by atoms with Crippen LogP contribution in [0.4, 0.5) is 0 Å². The maximum Gasteiger partial charge on any atom is 0.304 e. The number of para-hydroxylation sites is 1. The maximum atomic E-state index is 12.6. The van der Waals surface area contributed by atoms with Crippen molar-refractivity contribution in [3.8, 4) is 17.6 Å². The van der Waals surface area contributed by atoms with Gasteiger partial charge in [-0.3, -0.25) is 4.79 Å². The molecule has 2 fully saturated rings. The van der Waals surface area contributed by atoms with E-state index in [-0.39, 0.29) is 29.8 Å². The van der Waals surface area contributed by atoms with Gasteiger partial charge in [-0.2, -0.15) is 0 Å². The number of fused-ring (bicyclic) bond motifs is 1. The van der Waals surface area contributed by atoms with E-state index in [1.54, 1.807) is 0 Å². The predicted molar refractivity (Wildman–Crippen MR) is 154 cm³/mol. The van der Waals surface area contributed by atoms with E-state index in [0.29, 0.717) is 6.42 Å². The van der Waals surface area contributed by atoms with Gasteiger partial charge in [0.05, 0.1) is 0 Å². The molecule has 3 aromatic rings. The predicted octanol–water partition coefficient (Wildman–Crippen LogP) is 6.88. The van der Waals surface area contributed by atoms with E-state index in [1.165, 1.54) is 17.8 Å². The van der Waals surface area contributed by atoms with Gasteiger partial charge in [0.2, 0.25) is 0 Å². The first-order chi connectivity index (χ1) is 18.0. The molecule has 2 aliphatic rings. The van der Waals surface area contributed by atoms with Gasteiger partial charge in [0.1, 0.15) is 12.4 Å². The fourth-order valence-corrected chi connectivity index (χ4v) is 12.5. The van der Waals surface area contributed by atoms with Crippen molar-refractivity contribution in [3.63, 3.8) is 0 Å². The Morgan fingerprint density at radius 2 is 1.57 bits per heavy atom. The summed E-state index contributed by atoms with van der Waals surface area (Å²) in [5, 5.41) is 1.28. The second-order valence-corrected chi connectivity index (χ2v) is 15.1. The molecular weight excluding hydrogens is 495 g/mol. The lowest BCUT2D eigenvalue weighted by Gasteiger charge is -2.55. The first kappa shape index (κ1) is 25.8. The third kappa shape index (κ3) is 5.26. The van der Waals surface area contributed by atoms with Gasteiger partial charge in [-0.1, -0.05) is 115 Å². The van der Waals surface area contributed by atoms with Gasteiger partial charge in [-0.15, -0.1) is 0 Å². The highest BCUT2D eigenvalue weighted by Gasteiger charge is 2.58. The minimum atomic E-state index is -2.10. The minimum absolute atomic E-state index is 0.0779. The standard InChI is InChI=1S/C32H33O3PS/c1-25(33)35-32(22-13-23-34-27-16-7-3-8-17-27)24-31(26-14-5-2-6-15-26)36(37,28-18-9-4-10-19-28)30-21-12-11-20-29(30)32/h2-10,14-19,29-31H,11-12,20-21,23-24H2,1H3. The Bertz CT molecular complexity index is 1320. The lowest BCUT2D eigenvalue weighted by molar-refractivity contribution is -0.158. The molecule has 0 N–H and O–H groups in total. The number of carbonyl (C=O) groups excluding carboxylic acids is 1. The van der Waals surface area contributed by atoms with Crippen molar-refractivity contribution >= 4 is 29.1 Å². The number of hydrogen-bond acceptors (Lipinski definition) is 4. The highest BCUT2D eigenvalue weighted by atomic mass is 32.4. The largest absolute Gasteiger partial charge is 0.481 e. The first-order valence-electron chi connectivity index (χ1n) is 13.1. The average molecular weight is 529 g/mol. The van der Waals surface area contributed by atoms with Gasteiger partial charge in [-0.05, 0) is 41.9 Å². The molecule has 37 heavy (non-hydrogen) atoms. The van der Waals surface area contributed by atoms with Gasteiger partial charge in [-0.25, -0.2) is 0 Å². The minimum Gasteiger partial charge on any atom is -0.481 e. The van der Waals surface area contributed by atoms with Crippen molar-refractivity contribution < 1.29 is 14.3 Å². The third-order valence-electron chi connectivity index (χ3n) is 7.80. The van der Waals surface area contributed by atoms with E-state index < -0.39 is 11.6 Å². The third-order valence-corrected chi connectivity index (χ3v) is 14.1. The van der Waals surface area contributed by atoms with E-state index in [4.69, 9.17) is 21.3 Å². The summed E-state index contributed by atoms with van der Waals surface area (Å²) in [4.78, 5) is 12.6. The van der Waals surface area contributed by atoms with Crippen LogP contribution in [0.2, 0.25) is 0 Å². The van der Waals surface area contributed by atoms with Gasteiger partial charge in [0.25, 0.3) is 0 Å². The van der Waals surface area contributed by atoms with E-state index in [9.17, 15) is 4.79 Å². The van der Waals surface area contributed by atoms with Crippen LogP contribution in [0, 0.1) is 17.8 Å². The van der Waals surface area contributed by atoms with Crippen LogP contribution < -0.4 is 10.0 Å². The Morgan fingerprint density at radius 1 is 0.946 bits per heavy atom. The van der Waals surface area contributed by atoms with Gasteiger partial charge in [0, 0.05) is 30.6 Å². The summed E-state index contributed by atoms with van der Waals surface area (Å²) in [6, 6.07) is 28.9. The molecule has 3 aromatic carbocycles. The lowest BCUT2D eigenvalue weighted by Crippen LogP contribution is -2.53. The van der Waals surface area contributed by atoms with E-state index in [1.807, 2.05) is 36.4 Å². The maximum absolute atomic E-state index is 12.6. The highest BCUT2D eigenvalue weighted by molar-refractivity contribution is 8.18. The van der Waals surface area contributed by atoms with Gasteiger partial charge < -0.3 is 9.47 Å². The number of ether oxygens (including phenoxy) is 2. The van der Waals surface area contributed by atoms with Crippen molar-refractivity contribution in [1.82, 2.24) is 0 Å². The number of carbonyl (C=O) groups is 1. The molecule has 0 amide bonds. The zero-order valence-electron chi connectivity index (χ0n) is 21.2. The first-order valence-corrected chi connectivity index (χ1v) is 16.0. The summed E-state index contributed by atoms with van der Waals surface area (Å²) < 4.78 is 12.2.